The second-order valence-electron chi connectivity index (χ2n) is 7.33. The standard InChI is InChI=1S/C24H20N4O4S3/c29-22(25-17-4-2-1-3-5-17)14-33-15-23(30)26-18-8-11-20-21(12-18)35-24(27-20)34-13-16-6-9-19(10-7-16)28(31)32/h1-12H,13-15H2,(H,25,29)(H,26,30). The molecule has 35 heavy (non-hydrogen) atoms. The highest BCUT2D eigenvalue weighted by Gasteiger charge is 2.10. The first-order valence-corrected chi connectivity index (χ1v) is 13.4. The van der Waals surface area contributed by atoms with E-state index in [1.54, 1.807) is 30.0 Å². The van der Waals surface area contributed by atoms with E-state index in [1.165, 1.54) is 35.2 Å². The summed E-state index contributed by atoms with van der Waals surface area (Å²) in [4.78, 5) is 39.3. The number of thiazole rings is 1. The Bertz CT molecular complexity index is 1340. The summed E-state index contributed by atoms with van der Waals surface area (Å²) in [6, 6.07) is 21.2. The number of nitrogens with zero attached hydrogens (tertiary/aromatic N) is 2. The highest BCUT2D eigenvalue weighted by molar-refractivity contribution is 8.00. The van der Waals surface area contributed by atoms with Crippen molar-refractivity contribution in [3.05, 3.63) is 88.5 Å². The van der Waals surface area contributed by atoms with Gasteiger partial charge in [0.05, 0.1) is 26.6 Å². The molecular weight excluding hydrogens is 504 g/mol. The van der Waals surface area contributed by atoms with Gasteiger partial charge in [-0.05, 0) is 35.9 Å². The van der Waals surface area contributed by atoms with Crippen LogP contribution >= 0.6 is 34.9 Å². The number of nitro benzene ring substituents is 1. The fraction of sp³-hybridized carbons (Fsp3) is 0.125. The predicted octanol–water partition coefficient (Wildman–Crippen LogP) is 5.81. The van der Waals surface area contributed by atoms with Crippen LogP contribution in [0, 0.1) is 10.1 Å². The number of fused-ring (bicyclic) bond motifs is 1. The lowest BCUT2D eigenvalue weighted by molar-refractivity contribution is -0.384. The lowest BCUT2D eigenvalue weighted by Crippen LogP contribution is -2.18. The Hall–Kier alpha value is -3.41. The van der Waals surface area contributed by atoms with Gasteiger partial charge in [-0.2, -0.15) is 0 Å². The van der Waals surface area contributed by atoms with Crippen molar-refractivity contribution in [3.8, 4) is 0 Å². The molecule has 0 saturated carbocycles. The summed E-state index contributed by atoms with van der Waals surface area (Å²) in [6.45, 7) is 0. The molecule has 0 spiro atoms. The molecule has 3 aromatic carbocycles. The Morgan fingerprint density at radius 3 is 2.29 bits per heavy atom. The second-order valence-corrected chi connectivity index (χ2v) is 10.6. The van der Waals surface area contributed by atoms with E-state index in [-0.39, 0.29) is 29.0 Å². The third-order valence-electron chi connectivity index (χ3n) is 4.69. The zero-order valence-electron chi connectivity index (χ0n) is 18.3. The fourth-order valence-corrected chi connectivity index (χ4v) is 5.73. The molecule has 11 heteroatoms. The number of para-hydroxylation sites is 1. The summed E-state index contributed by atoms with van der Waals surface area (Å²) < 4.78 is 1.82. The van der Waals surface area contributed by atoms with Gasteiger partial charge in [0.1, 0.15) is 0 Å². The van der Waals surface area contributed by atoms with E-state index in [0.717, 1.165) is 25.8 Å². The maximum Gasteiger partial charge on any atom is 0.269 e. The van der Waals surface area contributed by atoms with E-state index in [9.17, 15) is 19.7 Å². The number of benzene rings is 3. The molecule has 2 amide bonds. The van der Waals surface area contributed by atoms with Crippen LogP contribution in [0.2, 0.25) is 0 Å². The molecule has 0 radical (unpaired) electrons. The summed E-state index contributed by atoms with van der Waals surface area (Å²) in [5.41, 5.74) is 3.29. The predicted molar refractivity (Wildman–Crippen MR) is 143 cm³/mol. The maximum absolute atomic E-state index is 12.3. The number of nitro groups is 1. The Kier molecular flexibility index (Phi) is 8.35. The zero-order chi connectivity index (χ0) is 24.6. The highest BCUT2D eigenvalue weighted by atomic mass is 32.2. The summed E-state index contributed by atoms with van der Waals surface area (Å²) in [6.07, 6.45) is 0. The SMILES string of the molecule is O=C(CSCC(=O)Nc1ccc2nc(SCc3ccc([N+](=O)[O-])cc3)sc2c1)Nc1ccccc1. The zero-order valence-corrected chi connectivity index (χ0v) is 20.8. The number of aromatic nitrogens is 1. The van der Waals surface area contributed by atoms with Crippen LogP contribution in [0.1, 0.15) is 5.56 Å². The summed E-state index contributed by atoms with van der Waals surface area (Å²) >= 11 is 4.33. The highest BCUT2D eigenvalue weighted by Crippen LogP contribution is 2.33. The van der Waals surface area contributed by atoms with Gasteiger partial charge in [-0.1, -0.05) is 42.1 Å². The Morgan fingerprint density at radius 2 is 1.60 bits per heavy atom. The smallest absolute Gasteiger partial charge is 0.269 e. The summed E-state index contributed by atoms with van der Waals surface area (Å²) in [5.74, 6) is 0.666. The van der Waals surface area contributed by atoms with Gasteiger partial charge < -0.3 is 10.6 Å². The Balaban J connectivity index is 1.25. The molecule has 178 valence electrons. The third kappa shape index (κ3) is 7.28. The molecule has 4 rings (SSSR count). The van der Waals surface area contributed by atoms with Crippen LogP contribution in [-0.2, 0) is 15.3 Å². The third-order valence-corrected chi connectivity index (χ3v) is 7.85. The number of hydrogen-bond acceptors (Lipinski definition) is 8. The van der Waals surface area contributed by atoms with E-state index in [2.05, 4.69) is 15.6 Å². The minimum Gasteiger partial charge on any atom is -0.325 e. The largest absolute Gasteiger partial charge is 0.325 e. The maximum atomic E-state index is 12.3. The first kappa shape index (κ1) is 24.7. The topological polar surface area (TPSA) is 114 Å². The van der Waals surface area contributed by atoms with E-state index in [4.69, 9.17) is 0 Å². The molecule has 0 atom stereocenters. The number of nitrogens with one attached hydrogen (secondary N) is 2. The second kappa shape index (κ2) is 11.8. The van der Waals surface area contributed by atoms with Crippen LogP contribution in [0.4, 0.5) is 17.1 Å². The van der Waals surface area contributed by atoms with Crippen molar-refractivity contribution in [2.75, 3.05) is 22.1 Å². The van der Waals surface area contributed by atoms with Crippen LogP contribution in [-0.4, -0.2) is 33.2 Å². The number of thioether (sulfide) groups is 2. The van der Waals surface area contributed by atoms with Crippen LogP contribution in [0.25, 0.3) is 10.2 Å². The minimum atomic E-state index is -0.414. The van der Waals surface area contributed by atoms with Gasteiger partial charge in [0.15, 0.2) is 4.34 Å². The number of hydrogen-bond donors (Lipinski definition) is 2. The molecule has 0 bridgehead atoms. The van der Waals surface area contributed by atoms with Crippen LogP contribution in [0.15, 0.2) is 77.1 Å². The molecule has 1 heterocycles. The quantitative estimate of drug-likeness (QED) is 0.153. The van der Waals surface area contributed by atoms with Gasteiger partial charge >= 0.3 is 0 Å². The van der Waals surface area contributed by atoms with Gasteiger partial charge in [0, 0.05) is 29.3 Å². The normalized spacial score (nSPS) is 10.7. The summed E-state index contributed by atoms with van der Waals surface area (Å²) in [7, 11) is 0. The first-order chi connectivity index (χ1) is 17.0. The number of non-ortho nitro benzene ring substituents is 1. The van der Waals surface area contributed by atoms with Crippen LogP contribution < -0.4 is 10.6 Å². The first-order valence-electron chi connectivity index (χ1n) is 10.5. The van der Waals surface area contributed by atoms with Crippen molar-refractivity contribution in [1.82, 2.24) is 4.98 Å². The summed E-state index contributed by atoms with van der Waals surface area (Å²) in [5, 5.41) is 16.4. The number of carbonyl (C=O) groups excluding carboxylic acids is 2. The van der Waals surface area contributed by atoms with E-state index < -0.39 is 4.92 Å². The Labute approximate surface area is 213 Å². The van der Waals surface area contributed by atoms with E-state index >= 15 is 0 Å². The molecule has 2 N–H and O–H groups in total. The van der Waals surface area contributed by atoms with Crippen molar-refractivity contribution in [2.24, 2.45) is 0 Å². The van der Waals surface area contributed by atoms with Crippen molar-refractivity contribution >= 4 is 74.0 Å². The average molecular weight is 525 g/mol. The number of carbonyl (C=O) groups is 2. The Morgan fingerprint density at radius 1 is 0.914 bits per heavy atom. The molecular formula is C24H20N4O4S3. The molecule has 0 aliphatic carbocycles. The van der Waals surface area contributed by atoms with Gasteiger partial charge in [-0.25, -0.2) is 4.98 Å². The molecule has 0 aliphatic heterocycles. The average Bonchev–Trinajstić information content (AvgIpc) is 3.26. The van der Waals surface area contributed by atoms with Crippen molar-refractivity contribution < 1.29 is 14.5 Å². The van der Waals surface area contributed by atoms with Gasteiger partial charge in [0.25, 0.3) is 5.69 Å². The van der Waals surface area contributed by atoms with Gasteiger partial charge in [-0.15, -0.1) is 23.1 Å². The lowest BCUT2D eigenvalue weighted by Gasteiger charge is -2.06. The lowest BCUT2D eigenvalue weighted by atomic mass is 10.2. The fourth-order valence-electron chi connectivity index (χ4n) is 3.05. The van der Waals surface area contributed by atoms with Crippen LogP contribution in [0.5, 0.6) is 0 Å². The molecule has 0 unspecified atom stereocenters. The van der Waals surface area contributed by atoms with Crippen LogP contribution in [0.3, 0.4) is 0 Å². The molecule has 4 aromatic rings. The monoisotopic (exact) mass is 524 g/mol. The molecule has 0 saturated heterocycles. The van der Waals surface area contributed by atoms with Gasteiger partial charge in [0.2, 0.25) is 11.8 Å². The minimum absolute atomic E-state index is 0.0714. The van der Waals surface area contributed by atoms with Gasteiger partial charge in [-0.3, -0.25) is 19.7 Å². The van der Waals surface area contributed by atoms with E-state index in [0.29, 0.717) is 11.4 Å². The van der Waals surface area contributed by atoms with Crippen molar-refractivity contribution in [3.63, 3.8) is 0 Å². The van der Waals surface area contributed by atoms with Crippen molar-refractivity contribution in [2.45, 2.75) is 10.1 Å². The molecule has 0 aliphatic rings. The molecule has 1 aromatic heterocycles. The van der Waals surface area contributed by atoms with Crippen molar-refractivity contribution in [1.29, 1.82) is 0 Å². The number of anilines is 2. The van der Waals surface area contributed by atoms with E-state index in [1.807, 2.05) is 42.5 Å². The molecule has 8 nitrogen and oxygen atoms in total. The molecule has 0 fully saturated rings. The number of rotatable bonds is 10. The number of amides is 2.